The van der Waals surface area contributed by atoms with Crippen LogP contribution in [0.2, 0.25) is 0 Å². The summed E-state index contributed by atoms with van der Waals surface area (Å²) in [5.41, 5.74) is 2.98. The molecule has 36 heavy (non-hydrogen) atoms. The van der Waals surface area contributed by atoms with Gasteiger partial charge in [-0.25, -0.2) is 19.6 Å². The van der Waals surface area contributed by atoms with E-state index in [1.54, 1.807) is 36.7 Å². The summed E-state index contributed by atoms with van der Waals surface area (Å²) in [5.74, 6) is -1.58. The van der Waals surface area contributed by atoms with Gasteiger partial charge in [-0.1, -0.05) is 0 Å². The molecule has 4 rings (SSSR count). The summed E-state index contributed by atoms with van der Waals surface area (Å²) >= 11 is 1.74. The number of carboxylic acid groups (broad SMARTS) is 1. The number of aliphatic carboxylic acids is 1. The first-order valence-corrected chi connectivity index (χ1v) is 11.5. The van der Waals surface area contributed by atoms with Crippen molar-refractivity contribution in [3.05, 3.63) is 64.3 Å². The third kappa shape index (κ3) is 6.39. The first-order chi connectivity index (χ1) is 17.0. The molecule has 0 spiro atoms. The van der Waals surface area contributed by atoms with E-state index < -0.39 is 18.1 Å². The average Bonchev–Trinajstić information content (AvgIpc) is 3.48. The van der Waals surface area contributed by atoms with Crippen LogP contribution in [0.3, 0.4) is 0 Å². The number of alkyl halides is 3. The summed E-state index contributed by atoms with van der Waals surface area (Å²) in [5, 5.41) is 10.2. The van der Waals surface area contributed by atoms with Crippen molar-refractivity contribution in [2.45, 2.75) is 26.6 Å². The highest BCUT2D eigenvalue weighted by molar-refractivity contribution is 7.10. The summed E-state index contributed by atoms with van der Waals surface area (Å²) in [6.07, 6.45) is -3.50. The number of carbonyl (C=O) groups excluding carboxylic acids is 1. The van der Waals surface area contributed by atoms with Crippen molar-refractivity contribution < 1.29 is 37.0 Å². The van der Waals surface area contributed by atoms with Crippen molar-refractivity contribution >= 4 is 40.0 Å². The summed E-state index contributed by atoms with van der Waals surface area (Å²) < 4.78 is 42.4. The maximum atomic E-state index is 11.9. The second-order valence-electron chi connectivity index (χ2n) is 7.50. The molecule has 0 fully saturated rings. The van der Waals surface area contributed by atoms with Crippen molar-refractivity contribution in [3.63, 3.8) is 0 Å². The van der Waals surface area contributed by atoms with Crippen molar-refractivity contribution in [2.75, 3.05) is 18.6 Å². The summed E-state index contributed by atoms with van der Waals surface area (Å²) in [7, 11) is 2.03. The van der Waals surface area contributed by atoms with Gasteiger partial charge in [-0.05, 0) is 61.2 Å². The van der Waals surface area contributed by atoms with Gasteiger partial charge in [0.15, 0.2) is 0 Å². The molecule has 4 aromatic rings. The number of esters is 1. The Bertz CT molecular complexity index is 1370. The van der Waals surface area contributed by atoms with Gasteiger partial charge in [0.2, 0.25) is 5.76 Å². The maximum Gasteiger partial charge on any atom is 0.490 e. The fourth-order valence-electron chi connectivity index (χ4n) is 3.16. The van der Waals surface area contributed by atoms with Gasteiger partial charge < -0.3 is 19.2 Å². The third-order valence-corrected chi connectivity index (χ3v) is 5.94. The molecule has 0 unspecified atom stereocenters. The molecule has 0 aliphatic heterocycles. The molecular weight excluding hydrogens is 499 g/mol. The van der Waals surface area contributed by atoms with E-state index in [1.807, 2.05) is 25.2 Å². The molecule has 0 radical (unpaired) electrons. The zero-order chi connectivity index (χ0) is 26.5. The van der Waals surface area contributed by atoms with Crippen LogP contribution in [-0.2, 0) is 16.1 Å². The Balaban J connectivity index is 0.000000454. The number of benzene rings is 1. The smallest absolute Gasteiger partial charge is 0.475 e. The molecule has 0 aliphatic rings. The standard InChI is InChI=1S/C22H21N3O3S.C2HF3O2/c1-4-27-22(26)19-8-7-18(28-19)15-5-6-17-16(11-15)21(24-13-23-17)25(3)12-20-14(2)9-10-29-20;3-2(4,5)1(6)7/h5-11,13H,4,12H2,1-3H3;(H,6,7). The SMILES string of the molecule is CCOC(=O)c1ccc(-c2ccc3ncnc(N(C)Cc4sccc4C)c3c2)o1.O=C(O)C(F)(F)F. The summed E-state index contributed by atoms with van der Waals surface area (Å²) in [4.78, 5) is 33.1. The third-order valence-electron chi connectivity index (χ3n) is 4.93. The second kappa shape index (κ2) is 11.2. The van der Waals surface area contributed by atoms with Crippen molar-refractivity contribution in [2.24, 2.45) is 0 Å². The number of ether oxygens (including phenoxy) is 1. The van der Waals surface area contributed by atoms with Gasteiger partial charge in [0.1, 0.15) is 17.9 Å². The van der Waals surface area contributed by atoms with Gasteiger partial charge >= 0.3 is 18.1 Å². The van der Waals surface area contributed by atoms with Crippen LogP contribution in [0.1, 0.15) is 27.9 Å². The van der Waals surface area contributed by atoms with E-state index in [-0.39, 0.29) is 5.76 Å². The minimum atomic E-state index is -5.08. The Hall–Kier alpha value is -3.93. The monoisotopic (exact) mass is 521 g/mol. The molecule has 0 bridgehead atoms. The van der Waals surface area contributed by atoms with E-state index in [0.29, 0.717) is 12.4 Å². The summed E-state index contributed by atoms with van der Waals surface area (Å²) in [6.45, 7) is 4.96. The number of hydrogen-bond acceptors (Lipinski definition) is 8. The van der Waals surface area contributed by atoms with Crippen LogP contribution in [0.4, 0.5) is 19.0 Å². The largest absolute Gasteiger partial charge is 0.490 e. The molecule has 0 aliphatic carbocycles. The number of aryl methyl sites for hydroxylation is 1. The fraction of sp³-hybridized carbons (Fsp3) is 0.250. The molecule has 1 aromatic carbocycles. The topological polar surface area (TPSA) is 106 Å². The van der Waals surface area contributed by atoms with Crippen LogP contribution < -0.4 is 4.90 Å². The van der Waals surface area contributed by atoms with Crippen LogP contribution in [0, 0.1) is 6.92 Å². The Morgan fingerprint density at radius 3 is 2.50 bits per heavy atom. The van der Waals surface area contributed by atoms with Gasteiger partial charge in [-0.15, -0.1) is 11.3 Å². The number of rotatable bonds is 6. The fourth-order valence-corrected chi connectivity index (χ4v) is 4.12. The Labute approximate surface area is 208 Å². The lowest BCUT2D eigenvalue weighted by molar-refractivity contribution is -0.192. The van der Waals surface area contributed by atoms with Crippen LogP contribution in [0.15, 0.2) is 52.5 Å². The molecule has 0 amide bonds. The lowest BCUT2D eigenvalue weighted by Gasteiger charge is -2.19. The Morgan fingerprint density at radius 2 is 1.89 bits per heavy atom. The number of furan rings is 1. The van der Waals surface area contributed by atoms with E-state index in [1.165, 1.54) is 10.4 Å². The number of thiophene rings is 1. The quantitative estimate of drug-likeness (QED) is 0.322. The van der Waals surface area contributed by atoms with Gasteiger partial charge in [-0.3, -0.25) is 0 Å². The van der Waals surface area contributed by atoms with Gasteiger partial charge in [0.25, 0.3) is 0 Å². The van der Waals surface area contributed by atoms with E-state index in [9.17, 15) is 18.0 Å². The molecule has 8 nitrogen and oxygen atoms in total. The molecule has 0 saturated heterocycles. The Morgan fingerprint density at radius 1 is 1.17 bits per heavy atom. The minimum absolute atomic E-state index is 0.191. The van der Waals surface area contributed by atoms with E-state index >= 15 is 0 Å². The highest BCUT2D eigenvalue weighted by Gasteiger charge is 2.38. The number of halogens is 3. The maximum absolute atomic E-state index is 11.9. The highest BCUT2D eigenvalue weighted by atomic mass is 32.1. The second-order valence-corrected chi connectivity index (χ2v) is 8.50. The van der Waals surface area contributed by atoms with E-state index in [2.05, 4.69) is 33.2 Å². The first kappa shape index (κ1) is 26.7. The van der Waals surface area contributed by atoms with E-state index in [4.69, 9.17) is 19.1 Å². The predicted molar refractivity (Wildman–Crippen MR) is 128 cm³/mol. The van der Waals surface area contributed by atoms with Gasteiger partial charge in [-0.2, -0.15) is 13.2 Å². The van der Waals surface area contributed by atoms with Crippen molar-refractivity contribution in [1.29, 1.82) is 0 Å². The van der Waals surface area contributed by atoms with Crippen molar-refractivity contribution in [3.8, 4) is 11.3 Å². The zero-order valence-electron chi connectivity index (χ0n) is 19.5. The Kier molecular flexibility index (Phi) is 8.30. The molecule has 190 valence electrons. The number of aromatic nitrogens is 2. The van der Waals surface area contributed by atoms with Gasteiger partial charge in [0, 0.05) is 22.9 Å². The lowest BCUT2D eigenvalue weighted by atomic mass is 10.1. The first-order valence-electron chi connectivity index (χ1n) is 10.6. The van der Waals surface area contributed by atoms with Crippen LogP contribution in [0.25, 0.3) is 22.2 Å². The normalized spacial score (nSPS) is 11.1. The van der Waals surface area contributed by atoms with Crippen molar-refractivity contribution in [1.82, 2.24) is 9.97 Å². The average molecular weight is 522 g/mol. The van der Waals surface area contributed by atoms with Crippen LogP contribution in [0.5, 0.6) is 0 Å². The molecule has 12 heteroatoms. The van der Waals surface area contributed by atoms with E-state index in [0.717, 1.165) is 28.8 Å². The molecule has 0 saturated carbocycles. The number of anilines is 1. The number of hydrogen-bond donors (Lipinski definition) is 1. The highest BCUT2D eigenvalue weighted by Crippen LogP contribution is 2.30. The number of fused-ring (bicyclic) bond motifs is 1. The molecule has 3 aromatic heterocycles. The van der Waals surface area contributed by atoms with Crippen LogP contribution in [-0.4, -0.2) is 46.8 Å². The molecular formula is C24H22F3N3O5S. The van der Waals surface area contributed by atoms with Gasteiger partial charge in [0.05, 0.1) is 18.7 Å². The number of carboxylic acids is 1. The molecule has 1 N–H and O–H groups in total. The number of carbonyl (C=O) groups is 2. The minimum Gasteiger partial charge on any atom is -0.475 e. The lowest BCUT2D eigenvalue weighted by Crippen LogP contribution is -2.21. The number of nitrogens with zero attached hydrogens (tertiary/aromatic N) is 3. The molecule has 0 atom stereocenters. The molecule has 3 heterocycles. The predicted octanol–water partition coefficient (Wildman–Crippen LogP) is 5.71. The summed E-state index contributed by atoms with van der Waals surface area (Å²) in [6, 6.07) is 11.4. The van der Waals surface area contributed by atoms with Crippen LogP contribution >= 0.6 is 11.3 Å². The zero-order valence-corrected chi connectivity index (χ0v) is 20.3.